The molecule has 122 valence electrons. The van der Waals surface area contributed by atoms with E-state index in [0.717, 1.165) is 18.4 Å². The van der Waals surface area contributed by atoms with Crippen LogP contribution in [0.3, 0.4) is 0 Å². The van der Waals surface area contributed by atoms with Gasteiger partial charge >= 0.3 is 11.9 Å². The third-order valence-electron chi connectivity index (χ3n) is 5.28. The van der Waals surface area contributed by atoms with Crippen molar-refractivity contribution >= 4 is 11.9 Å². The lowest BCUT2D eigenvalue weighted by molar-refractivity contribution is -0.175. The molecule has 23 heavy (non-hydrogen) atoms. The van der Waals surface area contributed by atoms with Gasteiger partial charge in [0, 0.05) is 5.92 Å². The predicted octanol–water partition coefficient (Wildman–Crippen LogP) is 2.93. The van der Waals surface area contributed by atoms with Crippen molar-refractivity contribution in [3.63, 3.8) is 0 Å². The Kier molecular flexibility index (Phi) is 4.00. The van der Waals surface area contributed by atoms with E-state index in [1.807, 2.05) is 12.1 Å². The highest BCUT2D eigenvalue weighted by Crippen LogP contribution is 2.52. The Hall–Kier alpha value is -2.10. The maximum atomic E-state index is 12.7. The van der Waals surface area contributed by atoms with Crippen LogP contribution in [0.25, 0.3) is 0 Å². The molecule has 1 aromatic carbocycles. The molecular weight excluding hydrogens is 292 g/mol. The number of rotatable bonds is 2. The fourth-order valence-electron chi connectivity index (χ4n) is 4.22. The molecular formula is C19H22O4. The number of hydrogen-bond donors (Lipinski definition) is 0. The molecule has 2 aliphatic carbocycles. The molecule has 1 aromatic rings. The molecule has 2 atom stereocenters. The van der Waals surface area contributed by atoms with Gasteiger partial charge in [-0.05, 0) is 43.2 Å². The standard InChI is InChI=1S/C19H22O4/c1-12-8-9-13-11-19(17(20)22-2,18(21)23-3)16-7-5-4-6-14(16)15(13)10-12/h4,6,8-10,14,16H,5,7,11H2,1-3H3/t14-,16-/m0/s1. The van der Waals surface area contributed by atoms with Crippen LogP contribution in [-0.2, 0) is 25.5 Å². The van der Waals surface area contributed by atoms with Gasteiger partial charge in [-0.3, -0.25) is 9.59 Å². The molecule has 0 bridgehead atoms. The monoisotopic (exact) mass is 314 g/mol. The smallest absolute Gasteiger partial charge is 0.323 e. The lowest BCUT2D eigenvalue weighted by Crippen LogP contribution is -2.53. The van der Waals surface area contributed by atoms with Crippen LogP contribution in [0.15, 0.2) is 30.4 Å². The van der Waals surface area contributed by atoms with Gasteiger partial charge in [0.15, 0.2) is 5.41 Å². The van der Waals surface area contributed by atoms with E-state index in [1.54, 1.807) is 0 Å². The van der Waals surface area contributed by atoms with Crippen LogP contribution in [0.1, 0.15) is 35.4 Å². The minimum absolute atomic E-state index is 0.0469. The summed E-state index contributed by atoms with van der Waals surface area (Å²) in [5.74, 6) is -1.05. The lowest BCUT2D eigenvalue weighted by atomic mass is 9.57. The Bertz CT molecular complexity index is 658. The molecule has 0 aliphatic heterocycles. The molecule has 2 aliphatic rings. The van der Waals surface area contributed by atoms with Crippen molar-refractivity contribution in [1.82, 2.24) is 0 Å². The van der Waals surface area contributed by atoms with Crippen molar-refractivity contribution in [2.45, 2.75) is 32.1 Å². The van der Waals surface area contributed by atoms with Gasteiger partial charge in [-0.25, -0.2) is 0 Å². The van der Waals surface area contributed by atoms with Crippen LogP contribution in [0.2, 0.25) is 0 Å². The number of esters is 2. The van der Waals surface area contributed by atoms with E-state index in [9.17, 15) is 9.59 Å². The van der Waals surface area contributed by atoms with Crippen LogP contribution in [-0.4, -0.2) is 26.2 Å². The van der Waals surface area contributed by atoms with Gasteiger partial charge in [-0.1, -0.05) is 35.9 Å². The molecule has 4 nitrogen and oxygen atoms in total. The Balaban J connectivity index is 2.22. The molecule has 0 heterocycles. The molecule has 0 fully saturated rings. The first kappa shape index (κ1) is 15.8. The number of hydrogen-bond acceptors (Lipinski definition) is 4. The second-order valence-corrected chi connectivity index (χ2v) is 6.47. The van der Waals surface area contributed by atoms with Gasteiger partial charge in [0.2, 0.25) is 0 Å². The number of methoxy groups -OCH3 is 2. The minimum Gasteiger partial charge on any atom is -0.468 e. The fraction of sp³-hybridized carbons (Fsp3) is 0.474. The minimum atomic E-state index is -1.25. The second-order valence-electron chi connectivity index (χ2n) is 6.47. The average molecular weight is 314 g/mol. The second kappa shape index (κ2) is 5.84. The van der Waals surface area contributed by atoms with Crippen molar-refractivity contribution in [3.8, 4) is 0 Å². The Morgan fingerprint density at radius 3 is 2.52 bits per heavy atom. The molecule has 0 aromatic heterocycles. The van der Waals surface area contributed by atoms with Crippen LogP contribution in [0, 0.1) is 18.3 Å². The van der Waals surface area contributed by atoms with Gasteiger partial charge < -0.3 is 9.47 Å². The number of allylic oxidation sites excluding steroid dienone is 2. The van der Waals surface area contributed by atoms with E-state index >= 15 is 0 Å². The van der Waals surface area contributed by atoms with Crippen LogP contribution in [0.5, 0.6) is 0 Å². The van der Waals surface area contributed by atoms with Crippen molar-refractivity contribution in [3.05, 3.63) is 47.0 Å². The Labute approximate surface area is 136 Å². The van der Waals surface area contributed by atoms with Crippen LogP contribution >= 0.6 is 0 Å². The summed E-state index contributed by atoms with van der Waals surface area (Å²) in [5, 5.41) is 0. The third kappa shape index (κ3) is 2.28. The first-order valence-corrected chi connectivity index (χ1v) is 7.97. The number of carbonyl (C=O) groups excluding carboxylic acids is 2. The topological polar surface area (TPSA) is 52.6 Å². The predicted molar refractivity (Wildman–Crippen MR) is 86.0 cm³/mol. The summed E-state index contributed by atoms with van der Waals surface area (Å²) in [6.07, 6.45) is 6.25. The molecule has 0 amide bonds. The number of carbonyl (C=O) groups is 2. The van der Waals surface area contributed by atoms with Crippen molar-refractivity contribution < 1.29 is 19.1 Å². The number of fused-ring (bicyclic) bond motifs is 3. The number of ether oxygens (including phenoxy) is 2. The van der Waals surface area contributed by atoms with Crippen LogP contribution < -0.4 is 0 Å². The zero-order chi connectivity index (χ0) is 16.6. The van der Waals surface area contributed by atoms with Gasteiger partial charge in [-0.15, -0.1) is 0 Å². The maximum Gasteiger partial charge on any atom is 0.323 e. The lowest BCUT2D eigenvalue weighted by Gasteiger charge is -2.45. The summed E-state index contributed by atoms with van der Waals surface area (Å²) in [7, 11) is 2.68. The van der Waals surface area contributed by atoms with E-state index in [2.05, 4.69) is 25.1 Å². The van der Waals surface area contributed by atoms with Gasteiger partial charge in [0.25, 0.3) is 0 Å². The molecule has 0 radical (unpaired) electrons. The highest BCUT2D eigenvalue weighted by atomic mass is 16.5. The normalized spacial score (nSPS) is 24.3. The summed E-state index contributed by atoms with van der Waals surface area (Å²) in [4.78, 5) is 25.3. The Morgan fingerprint density at radius 2 is 1.87 bits per heavy atom. The largest absolute Gasteiger partial charge is 0.468 e. The molecule has 0 saturated heterocycles. The van der Waals surface area contributed by atoms with Crippen LogP contribution in [0.4, 0.5) is 0 Å². The van der Waals surface area contributed by atoms with Crippen molar-refractivity contribution in [1.29, 1.82) is 0 Å². The molecule has 0 saturated carbocycles. The SMILES string of the molecule is COC(=O)C1(C(=O)OC)Cc2ccc(C)cc2[C@@H]2C=CCC[C@@H]21. The Morgan fingerprint density at radius 1 is 1.17 bits per heavy atom. The zero-order valence-electron chi connectivity index (χ0n) is 13.8. The van der Waals surface area contributed by atoms with E-state index in [-0.39, 0.29) is 11.8 Å². The zero-order valence-corrected chi connectivity index (χ0v) is 13.8. The molecule has 0 unspecified atom stereocenters. The van der Waals surface area contributed by atoms with E-state index in [4.69, 9.17) is 9.47 Å². The summed E-state index contributed by atoms with van der Waals surface area (Å²) >= 11 is 0. The summed E-state index contributed by atoms with van der Waals surface area (Å²) in [6.45, 7) is 2.06. The highest BCUT2D eigenvalue weighted by molar-refractivity contribution is 6.01. The van der Waals surface area contributed by atoms with Gasteiger partial charge in [-0.2, -0.15) is 0 Å². The molecule has 0 N–H and O–H groups in total. The first-order chi connectivity index (χ1) is 11.0. The third-order valence-corrected chi connectivity index (χ3v) is 5.28. The number of aryl methyl sites for hydroxylation is 1. The van der Waals surface area contributed by atoms with Gasteiger partial charge in [0.1, 0.15) is 0 Å². The van der Waals surface area contributed by atoms with E-state index in [1.165, 1.54) is 25.3 Å². The average Bonchev–Trinajstić information content (AvgIpc) is 2.59. The van der Waals surface area contributed by atoms with Crippen molar-refractivity contribution in [2.75, 3.05) is 14.2 Å². The van der Waals surface area contributed by atoms with E-state index in [0.29, 0.717) is 6.42 Å². The summed E-state index contributed by atoms with van der Waals surface area (Å²) < 4.78 is 10.1. The summed E-state index contributed by atoms with van der Waals surface area (Å²) in [5.41, 5.74) is 2.18. The maximum absolute atomic E-state index is 12.7. The molecule has 3 rings (SSSR count). The molecule has 4 heteroatoms. The fourth-order valence-corrected chi connectivity index (χ4v) is 4.22. The van der Waals surface area contributed by atoms with E-state index < -0.39 is 17.4 Å². The summed E-state index contributed by atoms with van der Waals surface area (Å²) in [6, 6.07) is 6.20. The quantitative estimate of drug-likeness (QED) is 0.478. The highest BCUT2D eigenvalue weighted by Gasteiger charge is 2.59. The van der Waals surface area contributed by atoms with Crippen molar-refractivity contribution in [2.24, 2.45) is 11.3 Å². The van der Waals surface area contributed by atoms with Gasteiger partial charge in [0.05, 0.1) is 14.2 Å². The first-order valence-electron chi connectivity index (χ1n) is 7.97. The number of benzene rings is 1. The molecule has 0 spiro atoms.